The van der Waals surface area contributed by atoms with Gasteiger partial charge < -0.3 is 35.9 Å². The fourth-order valence-corrected chi connectivity index (χ4v) is 6.32. The summed E-state index contributed by atoms with van der Waals surface area (Å²) in [4.78, 5) is 71.6. The molecule has 322 valence electrons. The van der Waals surface area contributed by atoms with Crippen LogP contribution in [0.4, 0.5) is 9.59 Å². The van der Waals surface area contributed by atoms with E-state index in [1.54, 1.807) is 52.7 Å². The van der Waals surface area contributed by atoms with Crippen molar-refractivity contribution in [2.45, 2.75) is 105 Å². The minimum Gasteiger partial charge on any atom is -0.458 e. The number of amides is 4. The zero-order valence-corrected chi connectivity index (χ0v) is 36.0. The van der Waals surface area contributed by atoms with Crippen molar-refractivity contribution in [1.82, 2.24) is 31.4 Å². The van der Waals surface area contributed by atoms with E-state index in [0.29, 0.717) is 6.42 Å². The predicted molar refractivity (Wildman–Crippen MR) is 225 cm³/mol. The minimum atomic E-state index is -1.13. The Kier molecular flexibility index (Phi) is 17.8. The van der Waals surface area contributed by atoms with Crippen molar-refractivity contribution in [1.29, 1.82) is 0 Å². The van der Waals surface area contributed by atoms with Gasteiger partial charge in [0.1, 0.15) is 24.2 Å². The van der Waals surface area contributed by atoms with Crippen LogP contribution in [0.3, 0.4) is 0 Å². The summed E-state index contributed by atoms with van der Waals surface area (Å²) in [5, 5.41) is 9.93. The Bertz CT molecular complexity index is 1810. The van der Waals surface area contributed by atoms with E-state index in [-0.39, 0.29) is 25.4 Å². The minimum absolute atomic E-state index is 0.0780. The lowest BCUT2D eigenvalue weighted by Gasteiger charge is -2.37. The molecule has 1 heterocycles. The van der Waals surface area contributed by atoms with Gasteiger partial charge in [-0.2, -0.15) is 0 Å². The monoisotopic (exact) mass is 817 g/mol. The molecule has 0 radical (unpaired) electrons. The molecule has 2 aromatic carbocycles. The number of hydrazine groups is 1. The number of carbonyl (C=O) groups is 5. The second-order valence-electron chi connectivity index (χ2n) is 17.2. The van der Waals surface area contributed by atoms with Crippen molar-refractivity contribution in [2.24, 2.45) is 22.5 Å². The van der Waals surface area contributed by atoms with Crippen molar-refractivity contribution in [3.8, 4) is 11.3 Å². The van der Waals surface area contributed by atoms with E-state index >= 15 is 0 Å². The number of methoxy groups -OCH3 is 2. The third-order valence-electron chi connectivity index (χ3n) is 9.48. The molecule has 6 N–H and O–H groups in total. The van der Waals surface area contributed by atoms with Gasteiger partial charge in [0.2, 0.25) is 5.91 Å². The Morgan fingerprint density at radius 3 is 1.80 bits per heavy atom. The third kappa shape index (κ3) is 15.6. The summed E-state index contributed by atoms with van der Waals surface area (Å²) in [6, 6.07) is 18.6. The van der Waals surface area contributed by atoms with Crippen molar-refractivity contribution < 1.29 is 38.2 Å². The van der Waals surface area contributed by atoms with E-state index < -0.39 is 71.1 Å². The number of pyridine rings is 1. The van der Waals surface area contributed by atoms with Crippen molar-refractivity contribution in [2.75, 3.05) is 20.8 Å². The fraction of sp³-hybridized carbons (Fsp3) is 0.500. The van der Waals surface area contributed by atoms with Crippen LogP contribution >= 0.6 is 0 Å². The lowest BCUT2D eigenvalue weighted by Crippen LogP contribution is -2.61. The Hall–Kier alpha value is -5.54. The lowest BCUT2D eigenvalue weighted by molar-refractivity contribution is -0.156. The lowest BCUT2D eigenvalue weighted by atomic mass is 9.85. The summed E-state index contributed by atoms with van der Waals surface area (Å²) in [6.07, 6.45) is -0.469. The zero-order chi connectivity index (χ0) is 43.9. The molecule has 0 saturated carbocycles. The highest BCUT2D eigenvalue weighted by Crippen LogP contribution is 2.23. The SMILES string of the molecule is COC(=O)N[C@H](C(=O)N[C@@H](Cc1ccccc1)[C@H](CN(Cc1ccc(-c2ccccn2)cc1)NC(=O)[C@@H](NC(=O)OC)C(C)(C)C)OC(=O)[C@H](N)CC(C)C)C(C)(C)C. The molecule has 1 aromatic heterocycles. The van der Waals surface area contributed by atoms with Crippen LogP contribution in [0, 0.1) is 16.7 Å². The first-order chi connectivity index (χ1) is 27.7. The smallest absolute Gasteiger partial charge is 0.407 e. The first-order valence-corrected chi connectivity index (χ1v) is 19.8. The number of nitrogens with one attached hydrogen (secondary N) is 4. The second-order valence-corrected chi connectivity index (χ2v) is 17.2. The number of ether oxygens (including phenoxy) is 3. The Labute approximate surface area is 348 Å². The second kappa shape index (κ2) is 22.0. The van der Waals surface area contributed by atoms with Crippen LogP contribution in [0.25, 0.3) is 11.3 Å². The van der Waals surface area contributed by atoms with E-state index in [9.17, 15) is 24.0 Å². The van der Waals surface area contributed by atoms with E-state index in [0.717, 1.165) is 22.4 Å². The maximum absolute atomic E-state index is 14.3. The Balaban J connectivity index is 2.17. The molecule has 59 heavy (non-hydrogen) atoms. The first kappa shape index (κ1) is 47.8. The topological polar surface area (TPSA) is 203 Å². The van der Waals surface area contributed by atoms with Gasteiger partial charge in [-0.25, -0.2) is 14.6 Å². The Morgan fingerprint density at radius 2 is 1.29 bits per heavy atom. The van der Waals surface area contributed by atoms with Crippen LogP contribution < -0.4 is 27.1 Å². The summed E-state index contributed by atoms with van der Waals surface area (Å²) >= 11 is 0. The molecule has 15 heteroatoms. The number of aromatic nitrogens is 1. The van der Waals surface area contributed by atoms with Crippen LogP contribution in [0.5, 0.6) is 0 Å². The molecule has 3 aromatic rings. The summed E-state index contributed by atoms with van der Waals surface area (Å²) < 4.78 is 16.0. The molecular weight excluding hydrogens is 755 g/mol. The summed E-state index contributed by atoms with van der Waals surface area (Å²) in [5.74, 6) is -1.73. The van der Waals surface area contributed by atoms with Crippen LogP contribution in [-0.2, 0) is 41.6 Å². The summed E-state index contributed by atoms with van der Waals surface area (Å²) in [6.45, 7) is 14.6. The van der Waals surface area contributed by atoms with Crippen LogP contribution in [0.15, 0.2) is 79.0 Å². The molecule has 0 spiro atoms. The number of benzene rings is 2. The predicted octanol–water partition coefficient (Wildman–Crippen LogP) is 5.14. The number of nitrogens with two attached hydrogens (primary N) is 1. The van der Waals surface area contributed by atoms with Crippen LogP contribution in [0.2, 0.25) is 0 Å². The average Bonchev–Trinajstić information content (AvgIpc) is 3.17. The van der Waals surface area contributed by atoms with Crippen LogP contribution in [-0.4, -0.2) is 91.0 Å². The van der Waals surface area contributed by atoms with Gasteiger partial charge in [0, 0.05) is 18.3 Å². The average molecular weight is 818 g/mol. The number of nitrogens with zero attached hydrogens (tertiary/aromatic N) is 2. The van der Waals surface area contributed by atoms with Crippen LogP contribution in [0.1, 0.15) is 72.9 Å². The molecular formula is C44H63N7O8. The number of hydrogen-bond acceptors (Lipinski definition) is 11. The number of rotatable bonds is 18. The maximum atomic E-state index is 14.3. The van der Waals surface area contributed by atoms with Crippen molar-refractivity contribution in [3.05, 3.63) is 90.1 Å². The zero-order valence-electron chi connectivity index (χ0n) is 36.0. The number of hydrogen-bond donors (Lipinski definition) is 5. The molecule has 4 amide bonds. The van der Waals surface area contributed by atoms with Gasteiger partial charge in [0.15, 0.2) is 0 Å². The first-order valence-electron chi connectivity index (χ1n) is 19.8. The van der Waals surface area contributed by atoms with E-state index in [4.69, 9.17) is 19.9 Å². The van der Waals surface area contributed by atoms with Gasteiger partial charge in [0.05, 0.1) is 32.5 Å². The van der Waals surface area contributed by atoms with Gasteiger partial charge in [0.25, 0.3) is 5.91 Å². The number of alkyl carbamates (subject to hydrolysis) is 2. The molecule has 0 fully saturated rings. The molecule has 0 aliphatic rings. The van der Waals surface area contributed by atoms with Crippen molar-refractivity contribution >= 4 is 30.0 Å². The molecule has 0 unspecified atom stereocenters. The molecule has 15 nitrogen and oxygen atoms in total. The molecule has 0 aliphatic heterocycles. The van der Waals surface area contributed by atoms with Crippen molar-refractivity contribution in [3.63, 3.8) is 0 Å². The van der Waals surface area contributed by atoms with E-state index in [2.05, 4.69) is 26.4 Å². The van der Waals surface area contributed by atoms with E-state index in [1.165, 1.54) is 14.2 Å². The van der Waals surface area contributed by atoms with Gasteiger partial charge in [-0.15, -0.1) is 0 Å². The van der Waals surface area contributed by atoms with Gasteiger partial charge in [-0.1, -0.05) is 116 Å². The van der Waals surface area contributed by atoms with Gasteiger partial charge in [-0.3, -0.25) is 24.8 Å². The molecule has 3 rings (SSSR count). The highest BCUT2D eigenvalue weighted by molar-refractivity contribution is 5.87. The van der Waals surface area contributed by atoms with E-state index in [1.807, 2.05) is 86.6 Å². The van der Waals surface area contributed by atoms with Gasteiger partial charge >= 0.3 is 18.2 Å². The quantitative estimate of drug-likeness (QED) is 0.0647. The molecule has 0 aliphatic carbocycles. The van der Waals surface area contributed by atoms with Gasteiger partial charge in [-0.05, 0) is 52.8 Å². The highest BCUT2D eigenvalue weighted by atomic mass is 16.6. The maximum Gasteiger partial charge on any atom is 0.407 e. The molecule has 5 atom stereocenters. The number of esters is 1. The number of carbonyl (C=O) groups excluding carboxylic acids is 5. The standard InChI is InChI=1S/C44H63N7O8/c1-28(2)24-32(45)40(54)59-35(34(25-29-16-12-11-13-17-29)47-38(52)36(43(3,4)5)48-41(55)57-9)27-51(50-39(53)37(44(6,7)8)49-42(56)58-10)26-30-19-21-31(22-20-30)33-18-14-15-23-46-33/h11-23,28,32,34-37H,24-27,45H2,1-10H3,(H,47,52)(H,48,55)(H,49,56)(H,50,53)/t32-,34+,35+,36-,37-/m1/s1. The Morgan fingerprint density at radius 1 is 0.729 bits per heavy atom. The molecule has 0 saturated heterocycles. The normalized spacial score (nSPS) is 14.3. The third-order valence-corrected chi connectivity index (χ3v) is 9.48. The summed E-state index contributed by atoms with van der Waals surface area (Å²) in [5.41, 5.74) is 11.1. The highest BCUT2D eigenvalue weighted by Gasteiger charge is 2.39. The fourth-order valence-electron chi connectivity index (χ4n) is 6.32. The summed E-state index contributed by atoms with van der Waals surface area (Å²) in [7, 11) is 2.42. The largest absolute Gasteiger partial charge is 0.458 e. The molecule has 0 bridgehead atoms.